The Morgan fingerprint density at radius 3 is 2.78 bits per heavy atom. The van der Waals surface area contributed by atoms with Gasteiger partial charge in [0.1, 0.15) is 0 Å². The van der Waals surface area contributed by atoms with E-state index in [2.05, 4.69) is 16.0 Å². The average molecular weight is 248 g/mol. The van der Waals surface area contributed by atoms with Crippen LogP contribution in [-0.2, 0) is 4.79 Å². The van der Waals surface area contributed by atoms with Crippen molar-refractivity contribution in [3.05, 3.63) is 24.3 Å². The normalized spacial score (nSPS) is 13.8. The Labute approximate surface area is 105 Å². The Hall–Kier alpha value is -2.24. The summed E-state index contributed by atoms with van der Waals surface area (Å²) < 4.78 is 0. The molecule has 0 atom stereocenters. The number of hydrogen-bond acceptors (Lipinski definition) is 3. The van der Waals surface area contributed by atoms with Gasteiger partial charge in [0.25, 0.3) is 0 Å². The van der Waals surface area contributed by atoms with Crippen LogP contribution < -0.4 is 21.7 Å². The third-order valence-corrected chi connectivity index (χ3v) is 2.50. The van der Waals surface area contributed by atoms with Crippen LogP contribution in [-0.4, -0.2) is 24.5 Å². The standard InChI is InChI=1S/C12H16N4O2/c13-8-2-1-3-10(6-8)16-12(18)14-7-11(17)15-9-4-5-9/h1-3,6,9H,4-5,7,13H2,(H,15,17)(H2,14,16,18). The number of nitrogens with two attached hydrogens (primary N) is 1. The van der Waals surface area contributed by atoms with Gasteiger partial charge in [-0.3, -0.25) is 4.79 Å². The molecule has 18 heavy (non-hydrogen) atoms. The van der Waals surface area contributed by atoms with Gasteiger partial charge in [0.15, 0.2) is 0 Å². The Morgan fingerprint density at radius 2 is 2.11 bits per heavy atom. The van der Waals surface area contributed by atoms with Crippen molar-refractivity contribution in [1.29, 1.82) is 0 Å². The fraction of sp³-hybridized carbons (Fsp3) is 0.333. The summed E-state index contributed by atoms with van der Waals surface area (Å²) in [5.74, 6) is -0.166. The molecule has 1 aromatic rings. The van der Waals surface area contributed by atoms with Crippen molar-refractivity contribution in [2.45, 2.75) is 18.9 Å². The van der Waals surface area contributed by atoms with Crippen LogP contribution in [0.5, 0.6) is 0 Å². The zero-order chi connectivity index (χ0) is 13.0. The topological polar surface area (TPSA) is 96.2 Å². The molecular weight excluding hydrogens is 232 g/mol. The molecule has 0 aliphatic heterocycles. The molecule has 0 radical (unpaired) electrons. The molecule has 6 heteroatoms. The van der Waals surface area contributed by atoms with Crippen LogP contribution in [0.3, 0.4) is 0 Å². The lowest BCUT2D eigenvalue weighted by Crippen LogP contribution is -2.39. The van der Waals surface area contributed by atoms with Gasteiger partial charge in [0, 0.05) is 17.4 Å². The van der Waals surface area contributed by atoms with Crippen molar-refractivity contribution in [3.63, 3.8) is 0 Å². The second-order valence-electron chi connectivity index (χ2n) is 4.27. The zero-order valence-corrected chi connectivity index (χ0v) is 9.90. The highest BCUT2D eigenvalue weighted by atomic mass is 16.2. The van der Waals surface area contributed by atoms with Crippen molar-refractivity contribution in [1.82, 2.24) is 10.6 Å². The molecule has 1 saturated carbocycles. The van der Waals surface area contributed by atoms with Gasteiger partial charge in [0.05, 0.1) is 6.54 Å². The maximum atomic E-state index is 11.5. The largest absolute Gasteiger partial charge is 0.399 e. The minimum atomic E-state index is -0.424. The number of nitrogen functional groups attached to an aromatic ring is 1. The molecule has 96 valence electrons. The molecule has 0 aromatic heterocycles. The van der Waals surface area contributed by atoms with Crippen LogP contribution in [0.4, 0.5) is 16.2 Å². The Bertz CT molecular complexity index is 457. The molecular formula is C12H16N4O2. The maximum Gasteiger partial charge on any atom is 0.319 e. The van der Waals surface area contributed by atoms with E-state index in [0.717, 1.165) is 12.8 Å². The highest BCUT2D eigenvalue weighted by Crippen LogP contribution is 2.18. The summed E-state index contributed by atoms with van der Waals surface area (Å²) in [4.78, 5) is 22.8. The highest BCUT2D eigenvalue weighted by Gasteiger charge is 2.23. The van der Waals surface area contributed by atoms with Crippen LogP contribution in [0.2, 0.25) is 0 Å². The highest BCUT2D eigenvalue weighted by molar-refractivity contribution is 5.92. The first-order chi connectivity index (χ1) is 8.63. The molecule has 1 fully saturated rings. The summed E-state index contributed by atoms with van der Waals surface area (Å²) in [6, 6.07) is 6.71. The van der Waals surface area contributed by atoms with Gasteiger partial charge in [-0.15, -0.1) is 0 Å². The number of hydrogen-bond donors (Lipinski definition) is 4. The lowest BCUT2D eigenvalue weighted by Gasteiger charge is -2.08. The zero-order valence-electron chi connectivity index (χ0n) is 9.90. The van der Waals surface area contributed by atoms with Crippen molar-refractivity contribution in [2.24, 2.45) is 0 Å². The van der Waals surface area contributed by atoms with Crippen molar-refractivity contribution < 1.29 is 9.59 Å². The van der Waals surface area contributed by atoms with E-state index in [1.54, 1.807) is 24.3 Å². The summed E-state index contributed by atoms with van der Waals surface area (Å²) in [5, 5.41) is 7.86. The third kappa shape index (κ3) is 3.97. The Morgan fingerprint density at radius 1 is 1.33 bits per heavy atom. The first-order valence-electron chi connectivity index (χ1n) is 5.83. The van der Waals surface area contributed by atoms with Gasteiger partial charge in [-0.05, 0) is 31.0 Å². The summed E-state index contributed by atoms with van der Waals surface area (Å²) in [5.41, 5.74) is 6.74. The monoisotopic (exact) mass is 248 g/mol. The van der Waals surface area contributed by atoms with Crippen LogP contribution in [0.15, 0.2) is 24.3 Å². The molecule has 0 saturated heterocycles. The number of rotatable bonds is 4. The summed E-state index contributed by atoms with van der Waals surface area (Å²) >= 11 is 0. The number of urea groups is 1. The Balaban J connectivity index is 1.72. The van der Waals surface area contributed by atoms with E-state index in [4.69, 9.17) is 5.73 Å². The molecule has 0 unspecified atom stereocenters. The predicted molar refractivity (Wildman–Crippen MR) is 69.0 cm³/mol. The van der Waals surface area contributed by atoms with E-state index in [0.29, 0.717) is 17.4 Å². The molecule has 1 aromatic carbocycles. The number of carbonyl (C=O) groups excluding carboxylic acids is 2. The number of carbonyl (C=O) groups is 2. The lowest BCUT2D eigenvalue weighted by atomic mass is 10.3. The minimum absolute atomic E-state index is 0.0232. The van der Waals surface area contributed by atoms with Gasteiger partial charge < -0.3 is 21.7 Å². The van der Waals surface area contributed by atoms with E-state index in [9.17, 15) is 9.59 Å². The second-order valence-corrected chi connectivity index (χ2v) is 4.27. The van der Waals surface area contributed by atoms with Gasteiger partial charge in [0.2, 0.25) is 5.91 Å². The smallest absolute Gasteiger partial charge is 0.319 e. The second kappa shape index (κ2) is 5.39. The molecule has 1 aliphatic rings. The molecule has 1 aliphatic carbocycles. The van der Waals surface area contributed by atoms with Gasteiger partial charge >= 0.3 is 6.03 Å². The Kier molecular flexibility index (Phi) is 3.66. The average Bonchev–Trinajstić information content (AvgIpc) is 3.10. The predicted octanol–water partition coefficient (Wildman–Crippen LogP) is 0.669. The number of anilines is 2. The van der Waals surface area contributed by atoms with Crippen molar-refractivity contribution in [2.75, 3.05) is 17.6 Å². The number of benzene rings is 1. The van der Waals surface area contributed by atoms with E-state index in [1.807, 2.05) is 0 Å². The van der Waals surface area contributed by atoms with Gasteiger partial charge in [-0.2, -0.15) is 0 Å². The van der Waals surface area contributed by atoms with E-state index in [1.165, 1.54) is 0 Å². The van der Waals surface area contributed by atoms with Gasteiger partial charge in [-0.1, -0.05) is 6.07 Å². The molecule has 0 heterocycles. The van der Waals surface area contributed by atoms with Gasteiger partial charge in [-0.25, -0.2) is 4.79 Å². The number of nitrogens with one attached hydrogen (secondary N) is 3. The first kappa shape index (κ1) is 12.2. The quantitative estimate of drug-likeness (QED) is 0.590. The maximum absolute atomic E-state index is 11.5. The van der Waals surface area contributed by atoms with Crippen molar-refractivity contribution >= 4 is 23.3 Å². The fourth-order valence-corrected chi connectivity index (χ4v) is 1.46. The van der Waals surface area contributed by atoms with Crippen LogP contribution in [0.25, 0.3) is 0 Å². The summed E-state index contributed by atoms with van der Waals surface area (Å²) in [6.45, 7) is -0.0232. The summed E-state index contributed by atoms with van der Waals surface area (Å²) in [6.07, 6.45) is 2.06. The first-order valence-corrected chi connectivity index (χ1v) is 5.83. The molecule has 3 amide bonds. The molecule has 0 bridgehead atoms. The minimum Gasteiger partial charge on any atom is -0.399 e. The molecule has 0 spiro atoms. The number of amides is 3. The molecule has 6 nitrogen and oxygen atoms in total. The fourth-order valence-electron chi connectivity index (χ4n) is 1.46. The van der Waals surface area contributed by atoms with E-state index in [-0.39, 0.29) is 12.5 Å². The lowest BCUT2D eigenvalue weighted by molar-refractivity contribution is -0.120. The molecule has 2 rings (SSSR count). The van der Waals surface area contributed by atoms with Crippen LogP contribution in [0.1, 0.15) is 12.8 Å². The van der Waals surface area contributed by atoms with E-state index >= 15 is 0 Å². The van der Waals surface area contributed by atoms with Crippen LogP contribution >= 0.6 is 0 Å². The van der Waals surface area contributed by atoms with Crippen LogP contribution in [0, 0.1) is 0 Å². The van der Waals surface area contributed by atoms with E-state index < -0.39 is 6.03 Å². The van der Waals surface area contributed by atoms with Crippen molar-refractivity contribution in [3.8, 4) is 0 Å². The SMILES string of the molecule is Nc1cccc(NC(=O)NCC(=O)NC2CC2)c1. The molecule has 5 N–H and O–H groups in total. The summed E-state index contributed by atoms with van der Waals surface area (Å²) in [7, 11) is 0. The third-order valence-electron chi connectivity index (χ3n) is 2.50.